The first kappa shape index (κ1) is 17.1. The van der Waals surface area contributed by atoms with Crippen molar-refractivity contribution in [3.8, 4) is 10.7 Å². The third kappa shape index (κ3) is 4.86. The number of nitrogens with one attached hydrogen (secondary N) is 1. The van der Waals surface area contributed by atoms with Gasteiger partial charge in [-0.05, 0) is 24.8 Å². The molecule has 1 atom stereocenters. The van der Waals surface area contributed by atoms with E-state index in [2.05, 4.69) is 15.5 Å². The van der Waals surface area contributed by atoms with E-state index in [1.165, 1.54) is 11.3 Å². The van der Waals surface area contributed by atoms with Gasteiger partial charge in [0.1, 0.15) is 0 Å². The summed E-state index contributed by atoms with van der Waals surface area (Å²) in [5.74, 6) is -0.759. The van der Waals surface area contributed by atoms with Crippen LogP contribution in [-0.4, -0.2) is 44.4 Å². The van der Waals surface area contributed by atoms with Crippen molar-refractivity contribution in [2.75, 3.05) is 6.54 Å². The maximum atomic E-state index is 11.6. The summed E-state index contributed by atoms with van der Waals surface area (Å²) >= 11 is 1.51. The summed E-state index contributed by atoms with van der Waals surface area (Å²) in [6.07, 6.45) is 1.10. The quantitative estimate of drug-likeness (QED) is 0.657. The highest BCUT2D eigenvalue weighted by molar-refractivity contribution is 7.13. The SMILES string of the molecule is CC(O)(CNC(=O)CCCc1nc(-c2cccs2)no1)C(=O)O. The molecule has 3 N–H and O–H groups in total. The zero-order valence-corrected chi connectivity index (χ0v) is 13.3. The van der Waals surface area contributed by atoms with Crippen molar-refractivity contribution in [2.24, 2.45) is 0 Å². The number of hydrogen-bond donors (Lipinski definition) is 3. The summed E-state index contributed by atoms with van der Waals surface area (Å²) in [6.45, 7) is 0.782. The van der Waals surface area contributed by atoms with E-state index in [-0.39, 0.29) is 18.9 Å². The Morgan fingerprint density at radius 2 is 2.26 bits per heavy atom. The van der Waals surface area contributed by atoms with Crippen molar-refractivity contribution in [3.63, 3.8) is 0 Å². The zero-order valence-electron chi connectivity index (χ0n) is 12.5. The predicted molar refractivity (Wildman–Crippen MR) is 81.8 cm³/mol. The molecule has 1 amide bonds. The first-order valence-electron chi connectivity index (χ1n) is 6.97. The van der Waals surface area contributed by atoms with Crippen LogP contribution in [-0.2, 0) is 16.0 Å². The smallest absolute Gasteiger partial charge is 0.337 e. The highest BCUT2D eigenvalue weighted by Gasteiger charge is 2.30. The highest BCUT2D eigenvalue weighted by atomic mass is 32.1. The molecule has 0 fully saturated rings. The summed E-state index contributed by atoms with van der Waals surface area (Å²) in [5, 5.41) is 26.4. The molecular formula is C14H17N3O5S. The highest BCUT2D eigenvalue weighted by Crippen LogP contribution is 2.21. The van der Waals surface area contributed by atoms with Crippen LogP contribution in [0.5, 0.6) is 0 Å². The van der Waals surface area contributed by atoms with Gasteiger partial charge < -0.3 is 20.1 Å². The monoisotopic (exact) mass is 339 g/mol. The number of aliphatic carboxylic acids is 1. The molecule has 0 bridgehead atoms. The fourth-order valence-corrected chi connectivity index (χ4v) is 2.35. The van der Waals surface area contributed by atoms with Crippen LogP contribution in [0.1, 0.15) is 25.7 Å². The van der Waals surface area contributed by atoms with Crippen molar-refractivity contribution < 1.29 is 24.3 Å². The summed E-state index contributed by atoms with van der Waals surface area (Å²) in [6, 6.07) is 3.79. The molecule has 0 aliphatic carbocycles. The van der Waals surface area contributed by atoms with Crippen LogP contribution in [0.2, 0.25) is 0 Å². The molecule has 0 radical (unpaired) electrons. The summed E-state index contributed by atoms with van der Waals surface area (Å²) in [4.78, 5) is 27.5. The molecule has 0 saturated carbocycles. The summed E-state index contributed by atoms with van der Waals surface area (Å²) in [5.41, 5.74) is -1.97. The number of amides is 1. The molecule has 2 aromatic rings. The molecule has 9 heteroatoms. The molecule has 2 aromatic heterocycles. The molecule has 1 unspecified atom stereocenters. The van der Waals surface area contributed by atoms with Crippen molar-refractivity contribution in [2.45, 2.75) is 31.8 Å². The maximum Gasteiger partial charge on any atom is 0.337 e. The summed E-state index contributed by atoms with van der Waals surface area (Å²) in [7, 11) is 0. The largest absolute Gasteiger partial charge is 0.479 e. The fourth-order valence-electron chi connectivity index (χ4n) is 1.70. The van der Waals surface area contributed by atoms with Crippen LogP contribution in [0.3, 0.4) is 0 Å². The van der Waals surface area contributed by atoms with E-state index in [1.54, 1.807) is 0 Å². The molecule has 124 valence electrons. The first-order valence-corrected chi connectivity index (χ1v) is 7.85. The standard InChI is InChI=1S/C14H17N3O5S/c1-14(21,13(19)20)8-15-10(18)5-2-6-11-16-12(17-22-11)9-4-3-7-23-9/h3-4,7,21H,2,5-6,8H2,1H3,(H,15,18)(H,19,20). The summed E-state index contributed by atoms with van der Waals surface area (Å²) < 4.78 is 5.11. The van der Waals surface area contributed by atoms with Crippen molar-refractivity contribution in [1.29, 1.82) is 0 Å². The number of aliphatic hydroxyl groups is 1. The van der Waals surface area contributed by atoms with Crippen molar-refractivity contribution in [1.82, 2.24) is 15.5 Å². The van der Waals surface area contributed by atoms with Crippen molar-refractivity contribution >= 4 is 23.2 Å². The van der Waals surface area contributed by atoms with E-state index >= 15 is 0 Å². The van der Waals surface area contributed by atoms with E-state index in [0.29, 0.717) is 24.6 Å². The fraction of sp³-hybridized carbons (Fsp3) is 0.429. The lowest BCUT2D eigenvalue weighted by atomic mass is 10.1. The van der Waals surface area contributed by atoms with E-state index < -0.39 is 11.6 Å². The maximum absolute atomic E-state index is 11.6. The lowest BCUT2D eigenvalue weighted by Gasteiger charge is -2.18. The van der Waals surface area contributed by atoms with Gasteiger partial charge in [-0.25, -0.2) is 4.79 Å². The predicted octanol–water partition coefficient (Wildman–Crippen LogP) is 1.07. The van der Waals surface area contributed by atoms with Crippen LogP contribution in [0.15, 0.2) is 22.0 Å². The second kappa shape index (κ2) is 7.34. The van der Waals surface area contributed by atoms with Gasteiger partial charge in [0.15, 0.2) is 5.60 Å². The van der Waals surface area contributed by atoms with Crippen LogP contribution < -0.4 is 5.32 Å². The van der Waals surface area contributed by atoms with E-state index in [1.807, 2.05) is 17.5 Å². The third-order valence-electron chi connectivity index (χ3n) is 3.09. The molecule has 23 heavy (non-hydrogen) atoms. The van der Waals surface area contributed by atoms with Gasteiger partial charge in [-0.1, -0.05) is 11.2 Å². The van der Waals surface area contributed by atoms with Crippen LogP contribution in [0.4, 0.5) is 0 Å². The molecule has 8 nitrogen and oxygen atoms in total. The van der Waals surface area contributed by atoms with E-state index in [4.69, 9.17) is 9.63 Å². The normalized spacial score (nSPS) is 13.5. The van der Waals surface area contributed by atoms with Crippen LogP contribution in [0, 0.1) is 0 Å². The Morgan fingerprint density at radius 3 is 2.91 bits per heavy atom. The van der Waals surface area contributed by atoms with Gasteiger partial charge in [-0.3, -0.25) is 4.79 Å². The van der Waals surface area contributed by atoms with Gasteiger partial charge in [0.25, 0.3) is 0 Å². The van der Waals surface area contributed by atoms with Gasteiger partial charge in [0, 0.05) is 12.8 Å². The molecule has 0 aliphatic rings. The molecule has 0 saturated heterocycles. The Morgan fingerprint density at radius 1 is 1.48 bits per heavy atom. The number of carbonyl (C=O) groups is 2. The molecule has 0 aromatic carbocycles. The number of thiophene rings is 1. The Kier molecular flexibility index (Phi) is 5.45. The van der Waals surface area contributed by atoms with Crippen LogP contribution >= 0.6 is 11.3 Å². The van der Waals surface area contributed by atoms with E-state index in [9.17, 15) is 14.7 Å². The Balaban J connectivity index is 1.73. The number of nitrogens with zero attached hydrogens (tertiary/aromatic N) is 2. The minimum atomic E-state index is -1.97. The molecule has 0 aliphatic heterocycles. The third-order valence-corrected chi connectivity index (χ3v) is 3.96. The zero-order chi connectivity index (χ0) is 16.9. The van der Waals surface area contributed by atoms with E-state index in [0.717, 1.165) is 11.8 Å². The van der Waals surface area contributed by atoms with Gasteiger partial charge >= 0.3 is 5.97 Å². The molecule has 2 rings (SSSR count). The number of hydrogen-bond acceptors (Lipinski definition) is 7. The lowest BCUT2D eigenvalue weighted by Crippen LogP contribution is -2.46. The number of carboxylic acid groups (broad SMARTS) is 1. The van der Waals surface area contributed by atoms with Crippen LogP contribution in [0.25, 0.3) is 10.7 Å². The minimum Gasteiger partial charge on any atom is -0.479 e. The average molecular weight is 339 g/mol. The molecule has 2 heterocycles. The molecular weight excluding hydrogens is 322 g/mol. The van der Waals surface area contributed by atoms with Gasteiger partial charge in [-0.15, -0.1) is 11.3 Å². The lowest BCUT2D eigenvalue weighted by molar-refractivity contribution is -0.156. The Hall–Kier alpha value is -2.26. The van der Waals surface area contributed by atoms with Gasteiger partial charge in [-0.2, -0.15) is 4.98 Å². The number of aromatic nitrogens is 2. The number of rotatable bonds is 8. The van der Waals surface area contributed by atoms with Gasteiger partial charge in [0.2, 0.25) is 17.6 Å². The second-order valence-corrected chi connectivity index (χ2v) is 6.15. The van der Waals surface area contributed by atoms with Crippen molar-refractivity contribution in [3.05, 3.63) is 23.4 Å². The average Bonchev–Trinajstić information content (AvgIpc) is 3.16. The van der Waals surface area contributed by atoms with Gasteiger partial charge in [0.05, 0.1) is 11.4 Å². The topological polar surface area (TPSA) is 126 Å². The Labute approximate surface area is 136 Å². The first-order chi connectivity index (χ1) is 10.9. The molecule has 0 spiro atoms. The number of aryl methyl sites for hydroxylation is 1. The second-order valence-electron chi connectivity index (χ2n) is 5.20. The number of carboxylic acids is 1. The minimum absolute atomic E-state index is 0.173. The number of carbonyl (C=O) groups excluding carboxylic acids is 1. The Bertz CT molecular complexity index is 666.